The maximum absolute atomic E-state index is 12.9. The topological polar surface area (TPSA) is 90.0 Å². The SMILES string of the molecule is CC[C@@H](C(=O)Nc1cccc(C(F)(F)F)c1)n1nc(C)c2c(C)onc2c1=O. The number of fused-ring (bicyclic) bond motifs is 1. The number of hydrogen-bond donors (Lipinski definition) is 1. The van der Waals surface area contributed by atoms with Crippen LogP contribution in [0.2, 0.25) is 0 Å². The van der Waals surface area contributed by atoms with Crippen molar-refractivity contribution in [1.29, 1.82) is 0 Å². The Morgan fingerprint density at radius 1 is 1.32 bits per heavy atom. The highest BCUT2D eigenvalue weighted by atomic mass is 19.4. The summed E-state index contributed by atoms with van der Waals surface area (Å²) in [5.41, 5.74) is -1.01. The number of amides is 1. The summed E-state index contributed by atoms with van der Waals surface area (Å²) in [5.74, 6) is -0.221. The van der Waals surface area contributed by atoms with E-state index < -0.39 is 29.2 Å². The van der Waals surface area contributed by atoms with Crippen molar-refractivity contribution in [2.24, 2.45) is 0 Å². The first kappa shape index (κ1) is 19.6. The van der Waals surface area contributed by atoms with Gasteiger partial charge in [-0.3, -0.25) is 9.59 Å². The number of aryl methyl sites for hydroxylation is 2. The Morgan fingerprint density at radius 3 is 2.68 bits per heavy atom. The van der Waals surface area contributed by atoms with Gasteiger partial charge in [-0.05, 0) is 38.5 Å². The Kier molecular flexibility index (Phi) is 4.97. The summed E-state index contributed by atoms with van der Waals surface area (Å²) in [7, 11) is 0. The summed E-state index contributed by atoms with van der Waals surface area (Å²) in [6, 6.07) is 3.24. The van der Waals surface area contributed by atoms with Crippen molar-refractivity contribution in [2.75, 3.05) is 5.32 Å². The average molecular weight is 394 g/mol. The molecule has 7 nitrogen and oxygen atoms in total. The Morgan fingerprint density at radius 2 is 2.04 bits per heavy atom. The van der Waals surface area contributed by atoms with Crippen molar-refractivity contribution in [3.8, 4) is 0 Å². The third kappa shape index (κ3) is 3.49. The van der Waals surface area contributed by atoms with Gasteiger partial charge in [-0.1, -0.05) is 18.1 Å². The highest BCUT2D eigenvalue weighted by Crippen LogP contribution is 2.31. The number of carbonyl (C=O) groups excluding carboxylic acids is 1. The van der Waals surface area contributed by atoms with E-state index in [4.69, 9.17) is 4.52 Å². The third-order valence-corrected chi connectivity index (χ3v) is 4.33. The molecule has 0 aliphatic rings. The van der Waals surface area contributed by atoms with Gasteiger partial charge in [0.15, 0.2) is 5.52 Å². The van der Waals surface area contributed by atoms with Crippen LogP contribution < -0.4 is 10.9 Å². The molecule has 0 bridgehead atoms. The van der Waals surface area contributed by atoms with Crippen molar-refractivity contribution in [1.82, 2.24) is 14.9 Å². The van der Waals surface area contributed by atoms with E-state index >= 15 is 0 Å². The predicted octanol–water partition coefficient (Wildman–Crippen LogP) is 3.61. The molecule has 2 aromatic heterocycles. The molecule has 1 aromatic carbocycles. The first-order chi connectivity index (χ1) is 13.1. The molecule has 0 radical (unpaired) electrons. The molecular formula is C18H17F3N4O3. The van der Waals surface area contributed by atoms with Gasteiger partial charge < -0.3 is 9.84 Å². The zero-order valence-corrected chi connectivity index (χ0v) is 15.3. The van der Waals surface area contributed by atoms with E-state index in [9.17, 15) is 22.8 Å². The first-order valence-corrected chi connectivity index (χ1v) is 8.47. The van der Waals surface area contributed by atoms with Gasteiger partial charge in [0, 0.05) is 5.69 Å². The lowest BCUT2D eigenvalue weighted by atomic mass is 10.1. The highest BCUT2D eigenvalue weighted by Gasteiger charge is 2.31. The first-order valence-electron chi connectivity index (χ1n) is 8.47. The van der Waals surface area contributed by atoms with Crippen LogP contribution in [0.3, 0.4) is 0 Å². The van der Waals surface area contributed by atoms with E-state index in [0.29, 0.717) is 16.8 Å². The minimum absolute atomic E-state index is 0.0265. The van der Waals surface area contributed by atoms with Gasteiger partial charge in [0.2, 0.25) is 5.91 Å². The lowest BCUT2D eigenvalue weighted by Crippen LogP contribution is -2.35. The van der Waals surface area contributed by atoms with Crippen molar-refractivity contribution >= 4 is 22.5 Å². The Hall–Kier alpha value is -3.17. The fraction of sp³-hybridized carbons (Fsp3) is 0.333. The molecule has 0 aliphatic heterocycles. The van der Waals surface area contributed by atoms with Crippen LogP contribution in [0, 0.1) is 13.8 Å². The highest BCUT2D eigenvalue weighted by molar-refractivity contribution is 5.94. The van der Waals surface area contributed by atoms with Gasteiger partial charge in [0.1, 0.15) is 11.8 Å². The molecule has 0 aliphatic carbocycles. The zero-order chi connectivity index (χ0) is 20.6. The normalized spacial score (nSPS) is 12.9. The van der Waals surface area contributed by atoms with E-state index in [0.717, 1.165) is 16.8 Å². The molecule has 0 unspecified atom stereocenters. The molecule has 1 N–H and O–H groups in total. The van der Waals surface area contributed by atoms with Crippen LogP contribution in [0.1, 0.15) is 36.4 Å². The molecule has 28 heavy (non-hydrogen) atoms. The van der Waals surface area contributed by atoms with Crippen LogP contribution in [0.4, 0.5) is 18.9 Å². The smallest absolute Gasteiger partial charge is 0.360 e. The summed E-state index contributed by atoms with van der Waals surface area (Å²) in [5, 5.41) is 10.8. The molecule has 1 atom stereocenters. The van der Waals surface area contributed by atoms with Crippen LogP contribution >= 0.6 is 0 Å². The maximum Gasteiger partial charge on any atom is 0.416 e. The predicted molar refractivity (Wildman–Crippen MR) is 94.9 cm³/mol. The number of nitrogens with one attached hydrogen (secondary N) is 1. The molecule has 0 saturated carbocycles. The minimum Gasteiger partial charge on any atom is -0.360 e. The number of rotatable bonds is 4. The second kappa shape index (κ2) is 7.10. The van der Waals surface area contributed by atoms with Crippen LogP contribution in [-0.4, -0.2) is 20.8 Å². The summed E-state index contributed by atoms with van der Waals surface area (Å²) in [6.07, 6.45) is -4.34. The van der Waals surface area contributed by atoms with E-state index in [1.54, 1.807) is 20.8 Å². The maximum atomic E-state index is 12.9. The molecule has 0 fully saturated rings. The van der Waals surface area contributed by atoms with E-state index in [2.05, 4.69) is 15.6 Å². The van der Waals surface area contributed by atoms with Crippen molar-refractivity contribution in [3.63, 3.8) is 0 Å². The molecule has 3 rings (SSSR count). The van der Waals surface area contributed by atoms with Crippen LogP contribution in [0.25, 0.3) is 10.9 Å². The molecule has 1 amide bonds. The third-order valence-electron chi connectivity index (χ3n) is 4.33. The van der Waals surface area contributed by atoms with E-state index in [-0.39, 0.29) is 17.6 Å². The van der Waals surface area contributed by atoms with Gasteiger partial charge in [-0.15, -0.1) is 0 Å². The standard InChI is InChI=1S/C18H17F3N4O3/c1-4-13(16(26)22-12-7-5-6-11(8-12)18(19,20)21)25-17(27)15-14(9(2)23-25)10(3)28-24-15/h5-8,13H,4H2,1-3H3,(H,22,26)/t13-/m0/s1. The monoisotopic (exact) mass is 394 g/mol. The molecule has 3 aromatic rings. The number of nitrogens with zero attached hydrogens (tertiary/aromatic N) is 3. The largest absolute Gasteiger partial charge is 0.416 e. The average Bonchev–Trinajstić information content (AvgIpc) is 3.02. The van der Waals surface area contributed by atoms with Crippen LogP contribution in [-0.2, 0) is 11.0 Å². The number of hydrogen-bond acceptors (Lipinski definition) is 5. The summed E-state index contributed by atoms with van der Waals surface area (Å²) >= 11 is 0. The second-order valence-corrected chi connectivity index (χ2v) is 6.29. The van der Waals surface area contributed by atoms with Gasteiger partial charge >= 0.3 is 6.18 Å². The number of halogens is 3. The molecule has 2 heterocycles. The van der Waals surface area contributed by atoms with E-state index in [1.807, 2.05) is 0 Å². The minimum atomic E-state index is -4.53. The molecule has 148 valence electrons. The fourth-order valence-corrected chi connectivity index (χ4v) is 2.99. The second-order valence-electron chi connectivity index (χ2n) is 6.29. The molecule has 0 saturated heterocycles. The lowest BCUT2D eigenvalue weighted by Gasteiger charge is -2.18. The van der Waals surface area contributed by atoms with Crippen molar-refractivity contribution in [2.45, 2.75) is 39.4 Å². The Labute approximate surface area is 157 Å². The van der Waals surface area contributed by atoms with Crippen LogP contribution in [0.5, 0.6) is 0 Å². The summed E-state index contributed by atoms with van der Waals surface area (Å²) < 4.78 is 44.6. The van der Waals surface area contributed by atoms with E-state index in [1.165, 1.54) is 12.1 Å². The van der Waals surface area contributed by atoms with Gasteiger partial charge in [0.05, 0.1) is 16.6 Å². The number of alkyl halides is 3. The Balaban J connectivity index is 1.96. The number of anilines is 1. The lowest BCUT2D eigenvalue weighted by molar-refractivity contribution is -0.137. The number of aromatic nitrogens is 3. The van der Waals surface area contributed by atoms with Crippen molar-refractivity contribution in [3.05, 3.63) is 51.6 Å². The van der Waals surface area contributed by atoms with Gasteiger partial charge in [-0.2, -0.15) is 18.3 Å². The Bertz CT molecular complexity index is 1100. The van der Waals surface area contributed by atoms with Crippen molar-refractivity contribution < 1.29 is 22.5 Å². The number of benzene rings is 1. The molecular weight excluding hydrogens is 377 g/mol. The zero-order valence-electron chi connectivity index (χ0n) is 15.3. The molecule has 0 spiro atoms. The number of carbonyl (C=O) groups is 1. The van der Waals surface area contributed by atoms with Crippen LogP contribution in [0.15, 0.2) is 33.6 Å². The quantitative estimate of drug-likeness (QED) is 0.730. The summed E-state index contributed by atoms with van der Waals surface area (Å²) in [4.78, 5) is 25.4. The van der Waals surface area contributed by atoms with Gasteiger partial charge in [-0.25, -0.2) is 4.68 Å². The van der Waals surface area contributed by atoms with Gasteiger partial charge in [0.25, 0.3) is 5.56 Å². The fourth-order valence-electron chi connectivity index (χ4n) is 2.99. The summed E-state index contributed by atoms with van der Waals surface area (Å²) in [6.45, 7) is 4.96. The molecule has 10 heteroatoms.